The van der Waals surface area contributed by atoms with Gasteiger partial charge in [-0.1, -0.05) is 78.9 Å². The fraction of sp³-hybridized carbons (Fsp3) is 0.0385. The van der Waals surface area contributed by atoms with E-state index in [9.17, 15) is 4.79 Å². The van der Waals surface area contributed by atoms with Crippen LogP contribution < -0.4 is 9.30 Å². The minimum absolute atomic E-state index is 0.0139. The highest BCUT2D eigenvalue weighted by atomic mass is 16.5. The van der Waals surface area contributed by atoms with Gasteiger partial charge in [-0.2, -0.15) is 4.57 Å². The van der Waals surface area contributed by atoms with Gasteiger partial charge in [0.05, 0.1) is 6.20 Å². The van der Waals surface area contributed by atoms with Crippen LogP contribution in [-0.4, -0.2) is 10.8 Å². The number of carbonyl (C=O) groups excluding carboxylic acids is 1. The molecule has 0 aliphatic heterocycles. The second-order valence-electron chi connectivity index (χ2n) is 7.08. The van der Waals surface area contributed by atoms with Crippen molar-refractivity contribution in [2.45, 2.75) is 6.54 Å². The molecule has 0 amide bonds. The van der Waals surface area contributed by atoms with Crippen molar-refractivity contribution in [3.8, 4) is 11.6 Å². The van der Waals surface area contributed by atoms with Gasteiger partial charge in [-0.3, -0.25) is 4.79 Å². The molecule has 0 saturated heterocycles. The Labute approximate surface area is 174 Å². The standard InChI is InChI=1S/C26H19N2O2/c29-24(19-8-2-1-3-9-19)18-28-15-14-27-17-26(28)30-25-16-20-10-4-5-11-21(20)22-12-6-7-13-23(22)25/h1-17H,18H2/q+1. The number of hydrogen-bond acceptors (Lipinski definition) is 3. The van der Waals surface area contributed by atoms with Gasteiger partial charge in [0, 0.05) is 10.9 Å². The van der Waals surface area contributed by atoms with E-state index in [2.05, 4.69) is 23.2 Å². The van der Waals surface area contributed by atoms with Crippen LogP contribution in [0.4, 0.5) is 0 Å². The Morgan fingerprint density at radius 1 is 0.833 bits per heavy atom. The summed E-state index contributed by atoms with van der Waals surface area (Å²) >= 11 is 0. The predicted molar refractivity (Wildman–Crippen MR) is 117 cm³/mol. The van der Waals surface area contributed by atoms with Gasteiger partial charge in [-0.15, -0.1) is 0 Å². The molecular weight excluding hydrogens is 372 g/mol. The summed E-state index contributed by atoms with van der Waals surface area (Å²) in [6.45, 7) is 0.174. The highest BCUT2D eigenvalue weighted by Gasteiger charge is 2.19. The lowest BCUT2D eigenvalue weighted by atomic mass is 10.0. The molecule has 0 spiro atoms. The second-order valence-corrected chi connectivity index (χ2v) is 7.08. The van der Waals surface area contributed by atoms with Crippen LogP contribution in [0.25, 0.3) is 21.5 Å². The Morgan fingerprint density at radius 3 is 2.37 bits per heavy atom. The van der Waals surface area contributed by atoms with Gasteiger partial charge in [-0.25, -0.2) is 4.98 Å². The third-order valence-electron chi connectivity index (χ3n) is 5.16. The maximum Gasteiger partial charge on any atom is 0.392 e. The van der Waals surface area contributed by atoms with Gasteiger partial charge in [0.15, 0.2) is 6.20 Å². The maximum atomic E-state index is 12.7. The number of fused-ring (bicyclic) bond motifs is 3. The molecule has 0 radical (unpaired) electrons. The number of hydrogen-bond donors (Lipinski definition) is 0. The van der Waals surface area contributed by atoms with E-state index in [0.29, 0.717) is 11.4 Å². The Morgan fingerprint density at radius 2 is 1.53 bits per heavy atom. The highest BCUT2D eigenvalue weighted by molar-refractivity contribution is 6.10. The molecule has 0 atom stereocenters. The predicted octanol–water partition coefficient (Wildman–Crippen LogP) is 5.35. The molecule has 0 N–H and O–H groups in total. The first-order valence-corrected chi connectivity index (χ1v) is 9.80. The van der Waals surface area contributed by atoms with Crippen LogP contribution in [-0.2, 0) is 6.54 Å². The van der Waals surface area contributed by atoms with Crippen molar-refractivity contribution in [2.75, 3.05) is 0 Å². The molecule has 0 unspecified atom stereocenters. The Hall–Kier alpha value is -4.05. The highest BCUT2D eigenvalue weighted by Crippen LogP contribution is 2.35. The summed E-state index contributed by atoms with van der Waals surface area (Å²) in [5, 5.41) is 4.42. The molecule has 144 valence electrons. The molecule has 0 saturated carbocycles. The monoisotopic (exact) mass is 391 g/mol. The van der Waals surface area contributed by atoms with Crippen LogP contribution in [0.2, 0.25) is 0 Å². The molecular formula is C26H19N2O2+. The molecule has 0 bridgehead atoms. The van der Waals surface area contributed by atoms with Crippen LogP contribution >= 0.6 is 0 Å². The average molecular weight is 391 g/mol. The first-order chi connectivity index (χ1) is 14.8. The second kappa shape index (κ2) is 7.76. The van der Waals surface area contributed by atoms with Crippen LogP contribution in [0.15, 0.2) is 104 Å². The Kier molecular flexibility index (Phi) is 4.66. The first-order valence-electron chi connectivity index (χ1n) is 9.80. The number of ketones is 1. The SMILES string of the molecule is O=C(C[n+]1ccncc1Oc1cc2ccccc2c2ccccc12)c1ccccc1. The van der Waals surface area contributed by atoms with Crippen molar-refractivity contribution >= 4 is 27.3 Å². The molecule has 4 nitrogen and oxygen atoms in total. The van der Waals surface area contributed by atoms with Crippen molar-refractivity contribution in [3.63, 3.8) is 0 Å². The number of nitrogens with zero attached hydrogens (tertiary/aromatic N) is 2. The average Bonchev–Trinajstić information content (AvgIpc) is 2.81. The fourth-order valence-corrected chi connectivity index (χ4v) is 3.68. The Balaban J connectivity index is 1.55. The van der Waals surface area contributed by atoms with Crippen LogP contribution in [0.5, 0.6) is 11.6 Å². The molecule has 0 fully saturated rings. The minimum Gasteiger partial charge on any atom is -0.403 e. The van der Waals surface area contributed by atoms with E-state index in [0.717, 1.165) is 21.9 Å². The molecule has 5 rings (SSSR count). The van der Waals surface area contributed by atoms with Crippen molar-refractivity contribution < 1.29 is 14.1 Å². The van der Waals surface area contributed by atoms with Crippen molar-refractivity contribution in [2.24, 2.45) is 0 Å². The molecule has 0 aliphatic rings. The number of ether oxygens (including phenoxy) is 1. The summed E-state index contributed by atoms with van der Waals surface area (Å²) in [5.74, 6) is 1.26. The molecule has 0 aliphatic carbocycles. The molecule has 4 aromatic carbocycles. The van der Waals surface area contributed by atoms with Crippen molar-refractivity contribution in [1.29, 1.82) is 0 Å². The normalized spacial score (nSPS) is 10.9. The van der Waals surface area contributed by atoms with Gasteiger partial charge < -0.3 is 4.74 Å². The van der Waals surface area contributed by atoms with Crippen molar-refractivity contribution in [3.05, 3.63) is 109 Å². The molecule has 30 heavy (non-hydrogen) atoms. The zero-order valence-corrected chi connectivity index (χ0v) is 16.2. The van der Waals surface area contributed by atoms with Crippen molar-refractivity contribution in [1.82, 2.24) is 4.98 Å². The number of carbonyl (C=O) groups is 1. The van der Waals surface area contributed by atoms with E-state index >= 15 is 0 Å². The van der Waals surface area contributed by atoms with Gasteiger partial charge >= 0.3 is 5.88 Å². The van der Waals surface area contributed by atoms with E-state index < -0.39 is 0 Å². The molecule has 1 aromatic heterocycles. The number of aromatic nitrogens is 2. The van der Waals surface area contributed by atoms with Gasteiger partial charge in [0.2, 0.25) is 12.3 Å². The van der Waals surface area contributed by atoms with Crippen LogP contribution in [0.1, 0.15) is 10.4 Å². The number of Topliss-reactive ketones (excluding diaryl/α,β-unsaturated/α-hetero) is 1. The number of benzene rings is 4. The van der Waals surface area contributed by atoms with Crippen LogP contribution in [0, 0.1) is 0 Å². The summed E-state index contributed by atoms with van der Waals surface area (Å²) in [7, 11) is 0. The molecule has 5 aromatic rings. The summed E-state index contributed by atoms with van der Waals surface area (Å²) in [6, 6.07) is 27.7. The minimum atomic E-state index is 0.0139. The third kappa shape index (κ3) is 3.40. The Bertz CT molecular complexity index is 1360. The maximum absolute atomic E-state index is 12.7. The molecule has 4 heteroatoms. The van der Waals surface area contributed by atoms with Gasteiger partial charge in [0.25, 0.3) is 0 Å². The number of rotatable bonds is 5. The van der Waals surface area contributed by atoms with E-state index in [-0.39, 0.29) is 12.3 Å². The van der Waals surface area contributed by atoms with E-state index in [1.165, 1.54) is 5.39 Å². The van der Waals surface area contributed by atoms with E-state index in [4.69, 9.17) is 4.74 Å². The summed E-state index contributed by atoms with van der Waals surface area (Å²) in [6.07, 6.45) is 5.06. The topological polar surface area (TPSA) is 43.1 Å². The van der Waals surface area contributed by atoms with Gasteiger partial charge in [0.1, 0.15) is 11.9 Å². The summed E-state index contributed by atoms with van der Waals surface area (Å²) in [5.41, 5.74) is 0.670. The summed E-state index contributed by atoms with van der Waals surface area (Å²) in [4.78, 5) is 16.9. The lowest BCUT2D eigenvalue weighted by Gasteiger charge is -2.11. The lowest BCUT2D eigenvalue weighted by Crippen LogP contribution is -2.39. The zero-order valence-electron chi connectivity index (χ0n) is 16.2. The molecule has 1 heterocycles. The van der Waals surface area contributed by atoms with E-state index in [1.54, 1.807) is 23.2 Å². The van der Waals surface area contributed by atoms with Crippen LogP contribution in [0.3, 0.4) is 0 Å². The summed E-state index contributed by atoms with van der Waals surface area (Å²) < 4.78 is 8.10. The largest absolute Gasteiger partial charge is 0.403 e. The lowest BCUT2D eigenvalue weighted by molar-refractivity contribution is -0.687. The zero-order chi connectivity index (χ0) is 20.3. The third-order valence-corrected chi connectivity index (χ3v) is 5.16. The van der Waals surface area contributed by atoms with E-state index in [1.807, 2.05) is 66.7 Å². The fourth-order valence-electron chi connectivity index (χ4n) is 3.68. The quantitative estimate of drug-likeness (QED) is 0.230. The first kappa shape index (κ1) is 18.0. The van der Waals surface area contributed by atoms with Gasteiger partial charge in [-0.05, 0) is 22.2 Å². The smallest absolute Gasteiger partial charge is 0.392 e.